The number of rotatable bonds is 5. The van der Waals surface area contributed by atoms with Crippen LogP contribution in [0, 0.1) is 0 Å². The van der Waals surface area contributed by atoms with Crippen LogP contribution in [0.4, 0.5) is 4.79 Å². The lowest BCUT2D eigenvalue weighted by Crippen LogP contribution is -2.48. The summed E-state index contributed by atoms with van der Waals surface area (Å²) in [5, 5.41) is 0. The van der Waals surface area contributed by atoms with E-state index in [0.29, 0.717) is 23.5 Å². The smallest absolute Gasteiger partial charge is 0.411 e. The molecule has 0 aliphatic rings. The molecule has 0 aromatic carbocycles. The van der Waals surface area contributed by atoms with Crippen molar-refractivity contribution >= 4 is 12.4 Å². The van der Waals surface area contributed by atoms with Crippen molar-refractivity contribution < 1.29 is 23.8 Å². The molecular formula is C16H24N2O5. The Morgan fingerprint density at radius 2 is 1.83 bits per heavy atom. The van der Waals surface area contributed by atoms with Gasteiger partial charge in [-0.15, -0.1) is 0 Å². The Morgan fingerprint density at radius 1 is 1.22 bits per heavy atom. The Labute approximate surface area is 136 Å². The maximum atomic E-state index is 12.3. The van der Waals surface area contributed by atoms with E-state index < -0.39 is 17.2 Å². The molecule has 7 nitrogen and oxygen atoms in total. The first kappa shape index (κ1) is 18.7. The average Bonchev–Trinajstić information content (AvgIpc) is 2.50. The lowest BCUT2D eigenvalue weighted by molar-refractivity contribution is -0.117. The highest BCUT2D eigenvalue weighted by Crippen LogP contribution is 2.35. The zero-order valence-corrected chi connectivity index (χ0v) is 14.7. The number of hydrogen-bond donors (Lipinski definition) is 0. The summed E-state index contributed by atoms with van der Waals surface area (Å²) in [6.07, 6.45) is 1.48. The number of aldehydes is 1. The molecule has 1 amide bonds. The predicted molar refractivity (Wildman–Crippen MR) is 84.8 cm³/mol. The Morgan fingerprint density at radius 3 is 2.26 bits per heavy atom. The molecule has 1 rings (SSSR count). The van der Waals surface area contributed by atoms with Crippen LogP contribution in [0.25, 0.3) is 0 Å². The zero-order valence-electron chi connectivity index (χ0n) is 14.7. The maximum absolute atomic E-state index is 12.3. The third-order valence-corrected chi connectivity index (χ3v) is 3.41. The molecule has 128 valence electrons. The number of aromatic nitrogens is 1. The minimum atomic E-state index is -1.30. The third kappa shape index (κ3) is 4.12. The van der Waals surface area contributed by atoms with Crippen LogP contribution in [-0.2, 0) is 15.1 Å². The van der Waals surface area contributed by atoms with Crippen LogP contribution >= 0.6 is 0 Å². The first-order valence-electron chi connectivity index (χ1n) is 7.10. The highest BCUT2D eigenvalue weighted by molar-refractivity contribution is 5.79. The summed E-state index contributed by atoms with van der Waals surface area (Å²) in [6, 6.07) is 1.56. The molecule has 0 saturated heterocycles. The number of ether oxygens (including phenoxy) is 3. The van der Waals surface area contributed by atoms with E-state index in [0.717, 1.165) is 0 Å². The van der Waals surface area contributed by atoms with Gasteiger partial charge in [0.05, 0.1) is 20.4 Å². The summed E-state index contributed by atoms with van der Waals surface area (Å²) in [6.45, 7) is 6.87. The van der Waals surface area contributed by atoms with Gasteiger partial charge in [-0.25, -0.2) is 9.78 Å². The van der Waals surface area contributed by atoms with E-state index in [4.69, 9.17) is 14.2 Å². The first-order chi connectivity index (χ1) is 10.6. The number of methoxy groups -OCH3 is 2. The highest BCUT2D eigenvalue weighted by atomic mass is 16.6. The van der Waals surface area contributed by atoms with Gasteiger partial charge in [0.2, 0.25) is 5.88 Å². The van der Waals surface area contributed by atoms with Crippen molar-refractivity contribution in [2.45, 2.75) is 38.8 Å². The van der Waals surface area contributed by atoms with Gasteiger partial charge < -0.3 is 19.0 Å². The summed E-state index contributed by atoms with van der Waals surface area (Å²) >= 11 is 0. The predicted octanol–water partition coefficient (Wildman–Crippen LogP) is 2.38. The standard InChI is InChI=1S/C16H24N2O5/c1-15(2,3)23-14(20)18(5)16(4,10-19)11-8-13(22-7)17-9-12(11)21-6/h8-10H,1-7H3. The number of likely N-dealkylation sites (N-methyl/N-ethyl adjacent to an activating group) is 1. The van der Waals surface area contributed by atoms with Crippen molar-refractivity contribution in [1.29, 1.82) is 0 Å². The van der Waals surface area contributed by atoms with Crippen molar-refractivity contribution in [3.63, 3.8) is 0 Å². The number of nitrogens with zero attached hydrogens (tertiary/aromatic N) is 2. The molecule has 0 saturated carbocycles. The fourth-order valence-corrected chi connectivity index (χ4v) is 1.94. The van der Waals surface area contributed by atoms with E-state index >= 15 is 0 Å². The number of amides is 1. The minimum Gasteiger partial charge on any atom is -0.495 e. The van der Waals surface area contributed by atoms with Gasteiger partial charge in [0.1, 0.15) is 23.2 Å². The average molecular weight is 324 g/mol. The lowest BCUT2D eigenvalue weighted by atomic mass is 9.92. The molecule has 0 fully saturated rings. The van der Waals surface area contributed by atoms with Crippen molar-refractivity contribution in [2.24, 2.45) is 0 Å². The Balaban J connectivity index is 3.33. The van der Waals surface area contributed by atoms with Crippen LogP contribution in [0.1, 0.15) is 33.3 Å². The second-order valence-corrected chi connectivity index (χ2v) is 6.23. The number of carbonyl (C=O) groups is 2. The van der Waals surface area contributed by atoms with Gasteiger partial charge in [0, 0.05) is 18.7 Å². The second kappa shape index (κ2) is 6.85. The SMILES string of the molecule is COc1cc(C(C)(C=O)N(C)C(=O)OC(C)(C)C)c(OC)cn1. The summed E-state index contributed by atoms with van der Waals surface area (Å²) in [7, 11) is 4.43. The molecule has 0 aliphatic carbocycles. The Kier molecular flexibility index (Phi) is 5.58. The number of hydrogen-bond acceptors (Lipinski definition) is 6. The highest BCUT2D eigenvalue weighted by Gasteiger charge is 2.39. The van der Waals surface area contributed by atoms with E-state index in [9.17, 15) is 9.59 Å². The van der Waals surface area contributed by atoms with Crippen LogP contribution < -0.4 is 9.47 Å². The van der Waals surface area contributed by atoms with Crippen molar-refractivity contribution in [3.05, 3.63) is 17.8 Å². The van der Waals surface area contributed by atoms with E-state index in [1.807, 2.05) is 0 Å². The first-order valence-corrected chi connectivity index (χ1v) is 7.10. The number of pyridine rings is 1. The number of carbonyl (C=O) groups excluding carboxylic acids is 2. The molecule has 7 heteroatoms. The van der Waals surface area contributed by atoms with Crippen molar-refractivity contribution in [3.8, 4) is 11.6 Å². The molecule has 0 spiro atoms. The summed E-state index contributed by atoms with van der Waals surface area (Å²) in [5.74, 6) is 0.683. The molecule has 1 aromatic rings. The molecule has 1 atom stereocenters. The van der Waals surface area contributed by atoms with Gasteiger partial charge in [-0.2, -0.15) is 0 Å². The van der Waals surface area contributed by atoms with E-state index in [1.54, 1.807) is 33.8 Å². The second-order valence-electron chi connectivity index (χ2n) is 6.23. The summed E-state index contributed by atoms with van der Waals surface area (Å²) < 4.78 is 15.7. The van der Waals surface area contributed by atoms with Crippen LogP contribution in [0.5, 0.6) is 11.6 Å². The molecule has 0 bridgehead atoms. The minimum absolute atomic E-state index is 0.312. The quantitative estimate of drug-likeness (QED) is 0.774. The summed E-state index contributed by atoms with van der Waals surface area (Å²) in [4.78, 5) is 29.5. The van der Waals surface area contributed by atoms with Gasteiger partial charge in [0.25, 0.3) is 0 Å². The molecule has 1 unspecified atom stereocenters. The van der Waals surface area contributed by atoms with Gasteiger partial charge >= 0.3 is 6.09 Å². The molecule has 1 heterocycles. The Bertz CT molecular complexity index is 582. The summed E-state index contributed by atoms with van der Waals surface area (Å²) in [5.41, 5.74) is -1.52. The molecule has 1 aromatic heterocycles. The monoisotopic (exact) mass is 324 g/mol. The van der Waals surface area contributed by atoms with Gasteiger partial charge in [-0.1, -0.05) is 0 Å². The van der Waals surface area contributed by atoms with Crippen molar-refractivity contribution in [2.75, 3.05) is 21.3 Å². The van der Waals surface area contributed by atoms with E-state index in [2.05, 4.69) is 4.98 Å². The molecule has 0 N–H and O–H groups in total. The normalized spacial score (nSPS) is 13.7. The third-order valence-electron chi connectivity index (χ3n) is 3.41. The van der Waals surface area contributed by atoms with Gasteiger partial charge in [0.15, 0.2) is 0 Å². The van der Waals surface area contributed by atoms with Crippen LogP contribution in [-0.4, -0.2) is 49.1 Å². The Hall–Kier alpha value is -2.31. The fraction of sp³-hybridized carbons (Fsp3) is 0.562. The maximum Gasteiger partial charge on any atom is 0.411 e. The van der Waals surface area contributed by atoms with Crippen LogP contribution in [0.15, 0.2) is 12.3 Å². The molecule has 0 aliphatic heterocycles. The van der Waals surface area contributed by atoms with Crippen LogP contribution in [0.3, 0.4) is 0 Å². The molecular weight excluding hydrogens is 300 g/mol. The largest absolute Gasteiger partial charge is 0.495 e. The lowest BCUT2D eigenvalue weighted by Gasteiger charge is -2.36. The zero-order chi connectivity index (χ0) is 17.8. The van der Waals surface area contributed by atoms with Gasteiger partial charge in [-0.05, 0) is 27.7 Å². The topological polar surface area (TPSA) is 78.0 Å². The van der Waals surface area contributed by atoms with Gasteiger partial charge in [-0.3, -0.25) is 4.90 Å². The molecule has 0 radical (unpaired) electrons. The fourth-order valence-electron chi connectivity index (χ4n) is 1.94. The molecule has 23 heavy (non-hydrogen) atoms. The van der Waals surface area contributed by atoms with E-state index in [1.165, 1.54) is 32.4 Å². The van der Waals surface area contributed by atoms with Crippen molar-refractivity contribution in [1.82, 2.24) is 9.88 Å². The van der Waals surface area contributed by atoms with Crippen LogP contribution in [0.2, 0.25) is 0 Å². The van der Waals surface area contributed by atoms with E-state index in [-0.39, 0.29) is 0 Å².